The normalized spacial score (nSPS) is 18.8. The molecule has 7 nitrogen and oxygen atoms in total. The van der Waals surface area contributed by atoms with E-state index in [1.54, 1.807) is 12.1 Å². The summed E-state index contributed by atoms with van der Waals surface area (Å²) in [5.74, 6) is -0.947. The molecule has 28 heavy (non-hydrogen) atoms. The van der Waals surface area contributed by atoms with Crippen molar-refractivity contribution in [1.29, 1.82) is 0 Å². The number of carbonyl (C=O) groups is 3. The van der Waals surface area contributed by atoms with E-state index in [0.717, 1.165) is 4.70 Å². The third-order valence-electron chi connectivity index (χ3n) is 4.49. The molecule has 4 amide bonds. The molecule has 9 heteroatoms. The van der Waals surface area contributed by atoms with Crippen LogP contribution in [0.3, 0.4) is 0 Å². The van der Waals surface area contributed by atoms with E-state index < -0.39 is 17.5 Å². The van der Waals surface area contributed by atoms with Crippen molar-refractivity contribution in [2.75, 3.05) is 6.54 Å². The Balaban J connectivity index is 1.69. The molecule has 142 valence electrons. The zero-order chi connectivity index (χ0) is 19.7. The number of fused-ring (bicyclic) bond motifs is 1. The molecule has 2 heterocycles. The van der Waals surface area contributed by atoms with E-state index in [1.165, 1.54) is 28.4 Å². The van der Waals surface area contributed by atoms with Crippen LogP contribution < -0.4 is 10.6 Å². The fourth-order valence-corrected chi connectivity index (χ4v) is 4.24. The third-order valence-corrected chi connectivity index (χ3v) is 5.69. The van der Waals surface area contributed by atoms with Crippen LogP contribution in [0.25, 0.3) is 10.2 Å². The summed E-state index contributed by atoms with van der Waals surface area (Å²) in [5.41, 5.74) is -0.0912. The first-order chi connectivity index (χ1) is 13.5. The number of carbonyl (C=O) groups excluding carboxylic acids is 3. The standard InChI is InChI=1S/C19H15FN4O3S/c20-13-7-5-12(6-8-13)9-24(11-25)10-19(16(26)22-18(27)23-19)17-21-14-3-1-2-4-15(14)28-17/h1-8,11H,9-10H2,(H2,22,23,26,27). The van der Waals surface area contributed by atoms with Gasteiger partial charge < -0.3 is 10.2 Å². The van der Waals surface area contributed by atoms with Crippen LogP contribution in [0.1, 0.15) is 10.6 Å². The molecule has 4 rings (SSSR count). The van der Waals surface area contributed by atoms with E-state index in [4.69, 9.17) is 0 Å². The lowest BCUT2D eigenvalue weighted by molar-refractivity contribution is -0.127. The van der Waals surface area contributed by atoms with E-state index in [-0.39, 0.29) is 18.9 Å². The molecule has 0 radical (unpaired) electrons. The van der Waals surface area contributed by atoms with E-state index >= 15 is 0 Å². The van der Waals surface area contributed by atoms with Gasteiger partial charge in [-0.15, -0.1) is 11.3 Å². The molecule has 0 spiro atoms. The Bertz CT molecular complexity index is 1040. The molecular formula is C19H15FN4O3S. The lowest BCUT2D eigenvalue weighted by Gasteiger charge is -2.29. The van der Waals surface area contributed by atoms with E-state index in [1.807, 2.05) is 24.3 Å². The van der Waals surface area contributed by atoms with Gasteiger partial charge in [0.15, 0.2) is 5.54 Å². The van der Waals surface area contributed by atoms with Crippen LogP contribution in [-0.4, -0.2) is 34.8 Å². The van der Waals surface area contributed by atoms with Crippen molar-refractivity contribution in [3.8, 4) is 0 Å². The van der Waals surface area contributed by atoms with E-state index in [9.17, 15) is 18.8 Å². The van der Waals surface area contributed by atoms with Crippen LogP contribution in [0.4, 0.5) is 9.18 Å². The first kappa shape index (κ1) is 18.1. The number of thiazole rings is 1. The molecule has 1 atom stereocenters. The second kappa shape index (κ2) is 7.01. The third kappa shape index (κ3) is 3.20. The zero-order valence-corrected chi connectivity index (χ0v) is 15.3. The van der Waals surface area contributed by atoms with Crippen LogP contribution in [0, 0.1) is 5.82 Å². The zero-order valence-electron chi connectivity index (χ0n) is 14.5. The van der Waals surface area contributed by atoms with Crippen molar-refractivity contribution in [2.24, 2.45) is 0 Å². The number of hydrogen-bond donors (Lipinski definition) is 2. The van der Waals surface area contributed by atoms with E-state index in [0.29, 0.717) is 22.5 Å². The van der Waals surface area contributed by atoms with Gasteiger partial charge in [0.05, 0.1) is 16.8 Å². The average Bonchev–Trinajstić information content (AvgIpc) is 3.24. The molecule has 2 N–H and O–H groups in total. The number of rotatable bonds is 6. The number of nitrogens with zero attached hydrogens (tertiary/aromatic N) is 2. The Morgan fingerprint density at radius 1 is 1.14 bits per heavy atom. The number of aromatic nitrogens is 1. The summed E-state index contributed by atoms with van der Waals surface area (Å²) in [6.45, 7) is 0.0465. The first-order valence-electron chi connectivity index (χ1n) is 8.43. The second-order valence-corrected chi connectivity index (χ2v) is 7.47. The Kier molecular flexibility index (Phi) is 4.52. The van der Waals surface area contributed by atoms with Crippen molar-refractivity contribution in [2.45, 2.75) is 12.1 Å². The summed E-state index contributed by atoms with van der Waals surface area (Å²) >= 11 is 1.28. The second-order valence-electron chi connectivity index (χ2n) is 6.44. The van der Waals surface area contributed by atoms with Crippen LogP contribution in [0.2, 0.25) is 0 Å². The SMILES string of the molecule is O=CN(Cc1ccc(F)cc1)CC1(c2nc3ccccc3s2)NC(=O)NC1=O. The molecule has 1 fully saturated rings. The van der Waals surface area contributed by atoms with Crippen LogP contribution in [-0.2, 0) is 21.7 Å². The van der Waals surface area contributed by atoms with Crippen LogP contribution in [0.15, 0.2) is 48.5 Å². The molecule has 2 aromatic carbocycles. The number of imide groups is 1. The summed E-state index contributed by atoms with van der Waals surface area (Å²) in [6, 6.07) is 12.4. The number of halogens is 1. The molecule has 0 saturated carbocycles. The van der Waals surface area contributed by atoms with Gasteiger partial charge in [-0.2, -0.15) is 0 Å². The lowest BCUT2D eigenvalue weighted by Crippen LogP contribution is -2.52. The average molecular weight is 398 g/mol. The topological polar surface area (TPSA) is 91.4 Å². The molecule has 1 saturated heterocycles. The van der Waals surface area contributed by atoms with Gasteiger partial charge in [0.1, 0.15) is 10.8 Å². The summed E-state index contributed by atoms with van der Waals surface area (Å²) in [6.07, 6.45) is 0.593. The molecule has 1 aromatic heterocycles. The molecule has 3 aromatic rings. The Morgan fingerprint density at radius 2 is 1.89 bits per heavy atom. The fraction of sp³-hybridized carbons (Fsp3) is 0.158. The molecular weight excluding hydrogens is 383 g/mol. The maximum absolute atomic E-state index is 13.1. The number of benzene rings is 2. The first-order valence-corrected chi connectivity index (χ1v) is 9.25. The minimum Gasteiger partial charge on any atom is -0.338 e. The highest BCUT2D eigenvalue weighted by Crippen LogP contribution is 2.33. The summed E-state index contributed by atoms with van der Waals surface area (Å²) in [5, 5.41) is 5.27. The highest BCUT2D eigenvalue weighted by Gasteiger charge is 2.51. The van der Waals surface area contributed by atoms with Crippen LogP contribution >= 0.6 is 11.3 Å². The highest BCUT2D eigenvalue weighted by atomic mass is 32.1. The maximum Gasteiger partial charge on any atom is 0.322 e. The minimum absolute atomic E-state index is 0.106. The van der Waals surface area contributed by atoms with Crippen molar-refractivity contribution < 1.29 is 18.8 Å². The quantitative estimate of drug-likeness (QED) is 0.492. The summed E-state index contributed by atoms with van der Waals surface area (Å²) in [4.78, 5) is 42.2. The van der Waals surface area contributed by atoms with Gasteiger partial charge >= 0.3 is 6.03 Å². The minimum atomic E-state index is -1.48. The van der Waals surface area contributed by atoms with Gasteiger partial charge in [0, 0.05) is 6.54 Å². The van der Waals surface area contributed by atoms with E-state index in [2.05, 4.69) is 15.6 Å². The Labute approximate surface area is 163 Å². The molecule has 1 aliphatic rings. The lowest BCUT2D eigenvalue weighted by atomic mass is 9.99. The monoisotopic (exact) mass is 398 g/mol. The van der Waals surface area contributed by atoms with Gasteiger partial charge in [-0.05, 0) is 29.8 Å². The fourth-order valence-electron chi connectivity index (χ4n) is 3.14. The van der Waals surface area contributed by atoms with Crippen molar-refractivity contribution in [3.05, 3.63) is 64.9 Å². The molecule has 0 bridgehead atoms. The predicted octanol–water partition coefficient (Wildman–Crippen LogP) is 2.13. The maximum atomic E-state index is 13.1. The largest absolute Gasteiger partial charge is 0.338 e. The van der Waals surface area contributed by atoms with Gasteiger partial charge in [-0.25, -0.2) is 14.2 Å². The molecule has 1 unspecified atom stereocenters. The Morgan fingerprint density at radius 3 is 2.54 bits per heavy atom. The number of nitrogens with one attached hydrogen (secondary N) is 2. The number of para-hydroxylation sites is 1. The molecule has 0 aliphatic carbocycles. The highest BCUT2D eigenvalue weighted by molar-refractivity contribution is 7.18. The summed E-state index contributed by atoms with van der Waals surface area (Å²) in [7, 11) is 0. The van der Waals surface area contributed by atoms with Crippen molar-refractivity contribution in [1.82, 2.24) is 20.5 Å². The van der Waals surface area contributed by atoms with Crippen LogP contribution in [0.5, 0.6) is 0 Å². The number of hydrogen-bond acceptors (Lipinski definition) is 5. The number of amides is 4. The number of urea groups is 1. The van der Waals surface area contributed by atoms with Gasteiger partial charge in [0.25, 0.3) is 5.91 Å². The van der Waals surface area contributed by atoms with Gasteiger partial charge in [-0.1, -0.05) is 24.3 Å². The summed E-state index contributed by atoms with van der Waals surface area (Å²) < 4.78 is 14.0. The van der Waals surface area contributed by atoms with Gasteiger partial charge in [0.2, 0.25) is 6.41 Å². The van der Waals surface area contributed by atoms with Crippen molar-refractivity contribution in [3.63, 3.8) is 0 Å². The van der Waals surface area contributed by atoms with Crippen molar-refractivity contribution >= 4 is 39.9 Å². The molecule has 1 aliphatic heterocycles. The van der Waals surface area contributed by atoms with Gasteiger partial charge in [-0.3, -0.25) is 14.9 Å². The Hall–Kier alpha value is -3.33. The smallest absolute Gasteiger partial charge is 0.322 e. The predicted molar refractivity (Wildman–Crippen MR) is 101 cm³/mol.